The molecule has 1 amide bonds. The van der Waals surface area contributed by atoms with Gasteiger partial charge in [0, 0.05) is 35.4 Å². The largest absolute Gasteiger partial charge is 0.478 e. The lowest BCUT2D eigenvalue weighted by molar-refractivity contribution is -0.131. The van der Waals surface area contributed by atoms with Crippen LogP contribution in [0.5, 0.6) is 0 Å². The molecule has 0 bridgehead atoms. The SMILES string of the molecule is CS(=O)CCCNC(=O)c1cc(/C=C/C(=O)O)ccc1F. The number of hydrogen-bond donors (Lipinski definition) is 2. The van der Waals surface area contributed by atoms with Crippen LogP contribution >= 0.6 is 0 Å². The minimum absolute atomic E-state index is 0.153. The Balaban J connectivity index is 2.72. The van der Waals surface area contributed by atoms with E-state index in [1.807, 2.05) is 0 Å². The van der Waals surface area contributed by atoms with E-state index in [9.17, 15) is 18.2 Å². The van der Waals surface area contributed by atoms with Crippen molar-refractivity contribution in [2.24, 2.45) is 0 Å². The molecule has 1 rings (SSSR count). The maximum atomic E-state index is 13.6. The molecule has 0 radical (unpaired) electrons. The van der Waals surface area contributed by atoms with Gasteiger partial charge in [-0.25, -0.2) is 9.18 Å². The van der Waals surface area contributed by atoms with Gasteiger partial charge in [-0.15, -0.1) is 0 Å². The summed E-state index contributed by atoms with van der Waals surface area (Å²) in [6.07, 6.45) is 4.29. The number of carbonyl (C=O) groups excluding carboxylic acids is 1. The third kappa shape index (κ3) is 6.31. The van der Waals surface area contributed by atoms with Crippen LogP contribution in [0.25, 0.3) is 6.08 Å². The van der Waals surface area contributed by atoms with Crippen molar-refractivity contribution in [1.29, 1.82) is 0 Å². The average molecular weight is 313 g/mol. The van der Waals surface area contributed by atoms with Crippen molar-refractivity contribution in [2.45, 2.75) is 6.42 Å². The Morgan fingerprint density at radius 3 is 2.76 bits per heavy atom. The van der Waals surface area contributed by atoms with Crippen LogP contribution in [0.4, 0.5) is 4.39 Å². The lowest BCUT2D eigenvalue weighted by Crippen LogP contribution is -2.26. The maximum Gasteiger partial charge on any atom is 0.328 e. The van der Waals surface area contributed by atoms with Crippen LogP contribution in [0, 0.1) is 5.82 Å². The summed E-state index contributed by atoms with van der Waals surface area (Å²) in [5.41, 5.74) is 0.263. The number of carbonyl (C=O) groups is 2. The fraction of sp³-hybridized carbons (Fsp3) is 0.286. The molecule has 0 aromatic heterocycles. The topological polar surface area (TPSA) is 83.5 Å². The Morgan fingerprint density at radius 2 is 2.14 bits per heavy atom. The quantitative estimate of drug-likeness (QED) is 0.589. The van der Waals surface area contributed by atoms with E-state index in [0.29, 0.717) is 24.3 Å². The summed E-state index contributed by atoms with van der Waals surface area (Å²) < 4.78 is 24.5. The van der Waals surface area contributed by atoms with Crippen LogP contribution in [0.15, 0.2) is 24.3 Å². The van der Waals surface area contributed by atoms with Crippen LogP contribution in [0.3, 0.4) is 0 Å². The number of rotatable bonds is 7. The smallest absolute Gasteiger partial charge is 0.328 e. The molecule has 1 aromatic carbocycles. The molecule has 1 aromatic rings. The van der Waals surface area contributed by atoms with Crippen molar-refractivity contribution in [3.63, 3.8) is 0 Å². The fourth-order valence-corrected chi connectivity index (χ4v) is 2.11. The Morgan fingerprint density at radius 1 is 1.43 bits per heavy atom. The van der Waals surface area contributed by atoms with Crippen LogP contribution in [-0.4, -0.2) is 39.7 Å². The molecule has 7 heteroatoms. The highest BCUT2D eigenvalue weighted by molar-refractivity contribution is 7.84. The average Bonchev–Trinajstić information content (AvgIpc) is 2.42. The standard InChI is InChI=1S/C14H16FNO4S/c1-21(20)8-2-7-16-14(19)11-9-10(3-5-12(11)15)4-6-13(17)18/h3-6,9H,2,7-8H2,1H3,(H,16,19)(H,17,18)/b6-4+. The number of carboxylic acid groups (broad SMARTS) is 1. The van der Waals surface area contributed by atoms with E-state index >= 15 is 0 Å². The number of carboxylic acids is 1. The molecule has 1 atom stereocenters. The molecule has 1 unspecified atom stereocenters. The summed E-state index contributed by atoms with van der Waals surface area (Å²) in [5, 5.41) is 11.1. The van der Waals surface area contributed by atoms with Crippen molar-refractivity contribution in [3.8, 4) is 0 Å². The first-order valence-electron chi connectivity index (χ1n) is 6.19. The molecule has 0 fully saturated rings. The number of benzene rings is 1. The van der Waals surface area contributed by atoms with Crippen molar-refractivity contribution in [1.82, 2.24) is 5.32 Å². The fourth-order valence-electron chi connectivity index (χ4n) is 1.56. The lowest BCUT2D eigenvalue weighted by Gasteiger charge is -2.06. The summed E-state index contributed by atoms with van der Waals surface area (Å²) in [4.78, 5) is 22.3. The van der Waals surface area contributed by atoms with Crippen molar-refractivity contribution in [3.05, 3.63) is 41.2 Å². The van der Waals surface area contributed by atoms with E-state index in [4.69, 9.17) is 5.11 Å². The molecular weight excluding hydrogens is 297 g/mol. The van der Waals surface area contributed by atoms with Gasteiger partial charge in [0.1, 0.15) is 5.82 Å². The highest BCUT2D eigenvalue weighted by Gasteiger charge is 2.11. The van der Waals surface area contributed by atoms with E-state index in [0.717, 1.165) is 12.1 Å². The Labute approximate surface area is 124 Å². The third-order valence-electron chi connectivity index (χ3n) is 2.55. The van der Waals surface area contributed by atoms with Gasteiger partial charge in [0.15, 0.2) is 0 Å². The van der Waals surface area contributed by atoms with Gasteiger partial charge < -0.3 is 10.4 Å². The normalized spacial score (nSPS) is 12.3. The van der Waals surface area contributed by atoms with Gasteiger partial charge in [-0.2, -0.15) is 0 Å². The van der Waals surface area contributed by atoms with Gasteiger partial charge >= 0.3 is 5.97 Å². The van der Waals surface area contributed by atoms with E-state index in [2.05, 4.69) is 5.32 Å². The first-order chi connectivity index (χ1) is 9.90. The van der Waals surface area contributed by atoms with Crippen molar-refractivity contribution < 1.29 is 23.3 Å². The van der Waals surface area contributed by atoms with Crippen molar-refractivity contribution in [2.75, 3.05) is 18.6 Å². The summed E-state index contributed by atoms with van der Waals surface area (Å²) in [5.74, 6) is -1.93. The predicted octanol–water partition coefficient (Wildman–Crippen LogP) is 1.42. The third-order valence-corrected chi connectivity index (χ3v) is 3.41. The molecule has 0 heterocycles. The molecule has 0 aliphatic heterocycles. The zero-order valence-corrected chi connectivity index (χ0v) is 12.3. The number of hydrogen-bond acceptors (Lipinski definition) is 3. The molecule has 0 saturated heterocycles. The lowest BCUT2D eigenvalue weighted by atomic mass is 10.1. The molecule has 0 aliphatic carbocycles. The van der Waals surface area contributed by atoms with E-state index in [1.54, 1.807) is 6.26 Å². The summed E-state index contributed by atoms with van der Waals surface area (Å²) in [6, 6.07) is 3.77. The monoisotopic (exact) mass is 313 g/mol. The summed E-state index contributed by atoms with van der Waals surface area (Å²) in [7, 11) is -0.930. The van der Waals surface area contributed by atoms with Gasteiger partial charge in [0.25, 0.3) is 5.91 Å². The minimum atomic E-state index is -1.13. The first-order valence-corrected chi connectivity index (χ1v) is 7.91. The zero-order chi connectivity index (χ0) is 15.8. The summed E-state index contributed by atoms with van der Waals surface area (Å²) >= 11 is 0. The van der Waals surface area contributed by atoms with Crippen molar-refractivity contribution >= 4 is 28.8 Å². The number of nitrogens with one attached hydrogen (secondary N) is 1. The molecular formula is C14H16FNO4S. The molecule has 0 aliphatic rings. The minimum Gasteiger partial charge on any atom is -0.478 e. The second-order valence-corrected chi connectivity index (χ2v) is 5.85. The number of aliphatic carboxylic acids is 1. The van der Waals surface area contributed by atoms with E-state index in [-0.39, 0.29) is 5.56 Å². The molecule has 114 valence electrons. The Kier molecular flexibility index (Phi) is 6.74. The van der Waals surface area contributed by atoms with Crippen LogP contribution < -0.4 is 5.32 Å². The molecule has 21 heavy (non-hydrogen) atoms. The van der Waals surface area contributed by atoms with Gasteiger partial charge in [-0.05, 0) is 30.2 Å². The van der Waals surface area contributed by atoms with Gasteiger partial charge in [0.2, 0.25) is 0 Å². The highest BCUT2D eigenvalue weighted by atomic mass is 32.2. The molecule has 5 nitrogen and oxygen atoms in total. The van der Waals surface area contributed by atoms with E-state index in [1.165, 1.54) is 18.2 Å². The van der Waals surface area contributed by atoms with Gasteiger partial charge in [-0.1, -0.05) is 6.07 Å². The van der Waals surface area contributed by atoms with Crippen LogP contribution in [-0.2, 0) is 15.6 Å². The Bertz CT molecular complexity index is 586. The molecule has 0 saturated carbocycles. The Hall–Kier alpha value is -2.02. The van der Waals surface area contributed by atoms with Crippen LogP contribution in [0.2, 0.25) is 0 Å². The van der Waals surface area contributed by atoms with Gasteiger partial charge in [0.05, 0.1) is 5.56 Å². The maximum absolute atomic E-state index is 13.6. The molecule has 0 spiro atoms. The van der Waals surface area contributed by atoms with Gasteiger partial charge in [-0.3, -0.25) is 9.00 Å². The van der Waals surface area contributed by atoms with E-state index < -0.39 is 28.5 Å². The summed E-state index contributed by atoms with van der Waals surface area (Å²) in [6.45, 7) is 0.299. The van der Waals surface area contributed by atoms with Crippen LogP contribution in [0.1, 0.15) is 22.3 Å². The first kappa shape index (κ1) is 17.0. The second-order valence-electron chi connectivity index (χ2n) is 4.30. The zero-order valence-electron chi connectivity index (χ0n) is 11.5. The number of amides is 1. The second kappa shape index (κ2) is 8.31. The predicted molar refractivity (Wildman–Crippen MR) is 79.0 cm³/mol. The molecule has 2 N–H and O–H groups in total. The number of halogens is 1. The highest BCUT2D eigenvalue weighted by Crippen LogP contribution is 2.12.